The second kappa shape index (κ2) is 6.57. The van der Waals surface area contributed by atoms with Crippen LogP contribution in [-0.2, 0) is 14.3 Å². The summed E-state index contributed by atoms with van der Waals surface area (Å²) in [6, 6.07) is 1.35. The Morgan fingerprint density at radius 3 is 2.77 bits per heavy atom. The van der Waals surface area contributed by atoms with Crippen LogP contribution < -0.4 is 10.1 Å². The molecule has 0 spiro atoms. The topological polar surface area (TPSA) is 73.9 Å². The summed E-state index contributed by atoms with van der Waals surface area (Å²) in [5.41, 5.74) is -1.30. The number of ether oxygens (including phenoxy) is 3. The van der Waals surface area contributed by atoms with Crippen LogP contribution in [0.5, 0.6) is 5.75 Å². The van der Waals surface area contributed by atoms with Gasteiger partial charge in [0.05, 0.1) is 13.7 Å². The number of amides is 1. The lowest BCUT2D eigenvalue weighted by Gasteiger charge is -2.25. The molecule has 2 rings (SSSR count). The van der Waals surface area contributed by atoms with E-state index in [0.717, 1.165) is 11.3 Å². The van der Waals surface area contributed by atoms with Gasteiger partial charge in [0.1, 0.15) is 10.6 Å². The number of alkyl halides is 2. The Morgan fingerprint density at radius 2 is 2.23 bits per heavy atom. The number of methoxy groups -OCH3 is 1. The molecule has 1 atom stereocenters. The second-order valence-electron chi connectivity index (χ2n) is 4.76. The van der Waals surface area contributed by atoms with Crippen molar-refractivity contribution in [1.29, 1.82) is 0 Å². The van der Waals surface area contributed by atoms with E-state index in [0.29, 0.717) is 11.5 Å². The van der Waals surface area contributed by atoms with Crippen molar-refractivity contribution in [3.63, 3.8) is 0 Å². The molecule has 1 unspecified atom stereocenters. The van der Waals surface area contributed by atoms with Gasteiger partial charge in [0.15, 0.2) is 5.54 Å². The van der Waals surface area contributed by atoms with Crippen LogP contribution in [0.3, 0.4) is 0 Å². The van der Waals surface area contributed by atoms with Gasteiger partial charge in [0.25, 0.3) is 5.91 Å². The lowest BCUT2D eigenvalue weighted by Crippen LogP contribution is -2.55. The van der Waals surface area contributed by atoms with Gasteiger partial charge >= 0.3 is 12.6 Å². The highest BCUT2D eigenvalue weighted by molar-refractivity contribution is 7.14. The Bertz CT molecular complexity index is 569. The van der Waals surface area contributed by atoms with Gasteiger partial charge in [-0.2, -0.15) is 8.78 Å². The lowest BCUT2D eigenvalue weighted by atomic mass is 9.99. The minimum Gasteiger partial charge on any atom is -0.467 e. The van der Waals surface area contributed by atoms with Crippen LogP contribution in [0.15, 0.2) is 6.07 Å². The fourth-order valence-corrected chi connectivity index (χ4v) is 3.02. The maximum atomic E-state index is 12.4. The maximum Gasteiger partial charge on any atom is 0.387 e. The van der Waals surface area contributed by atoms with Crippen LogP contribution in [0.2, 0.25) is 0 Å². The summed E-state index contributed by atoms with van der Waals surface area (Å²) in [6.45, 7) is -1.11. The monoisotopic (exact) mass is 335 g/mol. The predicted octanol–water partition coefficient (Wildman–Crippen LogP) is 1.72. The first kappa shape index (κ1) is 16.6. The van der Waals surface area contributed by atoms with Crippen LogP contribution in [0.25, 0.3) is 0 Å². The van der Waals surface area contributed by atoms with Crippen molar-refractivity contribution in [2.24, 2.45) is 0 Å². The minimum absolute atomic E-state index is 0.0204. The Hall–Kier alpha value is -1.74. The van der Waals surface area contributed by atoms with E-state index < -0.39 is 24.0 Å². The summed E-state index contributed by atoms with van der Waals surface area (Å²) in [4.78, 5) is 24.9. The molecule has 6 nitrogen and oxygen atoms in total. The molecular weight excluding hydrogens is 320 g/mol. The Balaban J connectivity index is 2.22. The highest BCUT2D eigenvalue weighted by Crippen LogP contribution is 2.31. The summed E-state index contributed by atoms with van der Waals surface area (Å²) >= 11 is 1.00. The highest BCUT2D eigenvalue weighted by atomic mass is 32.1. The number of carbonyl (C=O) groups excluding carboxylic acids is 2. The Morgan fingerprint density at radius 1 is 1.50 bits per heavy atom. The van der Waals surface area contributed by atoms with Crippen LogP contribution >= 0.6 is 11.3 Å². The zero-order valence-electron chi connectivity index (χ0n) is 12.0. The molecule has 2 heterocycles. The molecule has 122 valence electrons. The zero-order valence-corrected chi connectivity index (χ0v) is 12.8. The second-order valence-corrected chi connectivity index (χ2v) is 6.02. The minimum atomic E-state index is -3.04. The van der Waals surface area contributed by atoms with Crippen molar-refractivity contribution in [1.82, 2.24) is 5.32 Å². The molecule has 1 saturated heterocycles. The zero-order chi connectivity index (χ0) is 16.3. The van der Waals surface area contributed by atoms with E-state index in [9.17, 15) is 18.4 Å². The van der Waals surface area contributed by atoms with E-state index in [1.165, 1.54) is 13.2 Å². The number of thiophene rings is 1. The van der Waals surface area contributed by atoms with E-state index >= 15 is 0 Å². The molecule has 9 heteroatoms. The molecule has 1 aliphatic rings. The smallest absolute Gasteiger partial charge is 0.387 e. The Labute approximate surface area is 129 Å². The van der Waals surface area contributed by atoms with Gasteiger partial charge in [-0.05, 0) is 13.0 Å². The number of esters is 1. The van der Waals surface area contributed by atoms with Crippen LogP contribution in [-0.4, -0.2) is 44.4 Å². The van der Waals surface area contributed by atoms with Crippen molar-refractivity contribution >= 4 is 23.2 Å². The quantitative estimate of drug-likeness (QED) is 0.830. The third-order valence-corrected chi connectivity index (χ3v) is 4.22. The molecule has 0 aliphatic carbocycles. The SMILES string of the molecule is COC(=O)C1(NC(=O)c2sc(C)cc2OC(F)F)CCOC1. The molecular formula is C13H15F2NO5S. The first-order chi connectivity index (χ1) is 10.4. The molecule has 0 radical (unpaired) electrons. The van der Waals surface area contributed by atoms with E-state index in [-0.39, 0.29) is 23.7 Å². The molecule has 1 aromatic heterocycles. The molecule has 1 aliphatic heterocycles. The van der Waals surface area contributed by atoms with Gasteiger partial charge < -0.3 is 19.5 Å². The average Bonchev–Trinajstić information content (AvgIpc) is 3.05. The molecule has 1 N–H and O–H groups in total. The third-order valence-electron chi connectivity index (χ3n) is 3.19. The maximum absolute atomic E-state index is 12.4. The van der Waals surface area contributed by atoms with E-state index in [1.807, 2.05) is 0 Å². The summed E-state index contributed by atoms with van der Waals surface area (Å²) in [7, 11) is 1.20. The molecule has 0 aromatic carbocycles. The van der Waals surface area contributed by atoms with Crippen LogP contribution in [0.1, 0.15) is 21.0 Å². The molecule has 22 heavy (non-hydrogen) atoms. The number of nitrogens with one attached hydrogen (secondary N) is 1. The van der Waals surface area contributed by atoms with Crippen LogP contribution in [0.4, 0.5) is 8.78 Å². The number of hydrogen-bond donors (Lipinski definition) is 1. The number of carbonyl (C=O) groups is 2. The van der Waals surface area contributed by atoms with Crippen molar-refractivity contribution in [3.8, 4) is 5.75 Å². The van der Waals surface area contributed by atoms with Gasteiger partial charge in [-0.1, -0.05) is 0 Å². The molecule has 1 aromatic rings. The van der Waals surface area contributed by atoms with E-state index in [4.69, 9.17) is 9.47 Å². The molecule has 0 bridgehead atoms. The first-order valence-electron chi connectivity index (χ1n) is 6.42. The van der Waals surface area contributed by atoms with Gasteiger partial charge in [-0.25, -0.2) is 4.79 Å². The van der Waals surface area contributed by atoms with Crippen molar-refractivity contribution < 1.29 is 32.6 Å². The fraction of sp³-hybridized carbons (Fsp3) is 0.538. The fourth-order valence-electron chi connectivity index (χ4n) is 2.18. The largest absolute Gasteiger partial charge is 0.467 e. The summed E-state index contributed by atoms with van der Waals surface area (Å²) in [5.74, 6) is -1.53. The van der Waals surface area contributed by atoms with Crippen molar-refractivity contribution in [2.75, 3.05) is 20.3 Å². The number of halogens is 2. The van der Waals surface area contributed by atoms with Gasteiger partial charge in [0, 0.05) is 17.9 Å². The predicted molar refractivity (Wildman–Crippen MR) is 73.3 cm³/mol. The van der Waals surface area contributed by atoms with E-state index in [1.54, 1.807) is 6.92 Å². The first-order valence-corrected chi connectivity index (χ1v) is 7.23. The normalized spacial score (nSPS) is 21.0. The molecule has 1 fully saturated rings. The Kier molecular flexibility index (Phi) is 4.97. The standard InChI is InChI=1S/C13H15F2NO5S/c1-7-5-8(21-12(14)15)9(22-7)10(17)16-13(11(18)19-2)3-4-20-6-13/h5,12H,3-4,6H2,1-2H3,(H,16,17). The highest BCUT2D eigenvalue weighted by Gasteiger charge is 2.45. The van der Waals surface area contributed by atoms with Gasteiger partial charge in [-0.15, -0.1) is 11.3 Å². The summed E-state index contributed by atoms with van der Waals surface area (Å²) < 4.78 is 39.0. The van der Waals surface area contributed by atoms with Crippen molar-refractivity contribution in [3.05, 3.63) is 15.8 Å². The summed E-state index contributed by atoms with van der Waals surface area (Å²) in [5, 5.41) is 2.53. The number of hydrogen-bond acceptors (Lipinski definition) is 6. The summed E-state index contributed by atoms with van der Waals surface area (Å²) in [6.07, 6.45) is 0.251. The van der Waals surface area contributed by atoms with Gasteiger partial charge in [-0.3, -0.25) is 4.79 Å². The van der Waals surface area contributed by atoms with Crippen LogP contribution in [0, 0.1) is 6.92 Å². The van der Waals surface area contributed by atoms with Crippen molar-refractivity contribution in [2.45, 2.75) is 25.5 Å². The number of rotatable bonds is 5. The van der Waals surface area contributed by atoms with E-state index in [2.05, 4.69) is 10.1 Å². The number of aryl methyl sites for hydroxylation is 1. The van der Waals surface area contributed by atoms with Gasteiger partial charge in [0.2, 0.25) is 0 Å². The average molecular weight is 335 g/mol. The molecule has 1 amide bonds. The molecule has 0 saturated carbocycles. The lowest BCUT2D eigenvalue weighted by molar-refractivity contribution is -0.148. The third kappa shape index (κ3) is 3.36.